The first-order chi connectivity index (χ1) is 8.99. The van der Waals surface area contributed by atoms with E-state index >= 15 is 0 Å². The molecule has 0 saturated heterocycles. The molecular formula is C13H19N3O3. The largest absolute Gasteiger partial charge is 0.481 e. The van der Waals surface area contributed by atoms with Gasteiger partial charge >= 0.3 is 5.97 Å². The number of rotatable bonds is 4. The quantitative estimate of drug-likeness (QED) is 0.861. The Morgan fingerprint density at radius 1 is 1.53 bits per heavy atom. The molecule has 1 aliphatic rings. The van der Waals surface area contributed by atoms with Crippen LogP contribution in [0.15, 0.2) is 17.2 Å². The van der Waals surface area contributed by atoms with Gasteiger partial charge in [0.05, 0.1) is 5.92 Å². The summed E-state index contributed by atoms with van der Waals surface area (Å²) in [5.41, 5.74) is -0.156. The highest BCUT2D eigenvalue weighted by molar-refractivity contribution is 5.70. The molecule has 0 bridgehead atoms. The third-order valence-electron chi connectivity index (χ3n) is 3.55. The normalized spacial score (nSPS) is 22.7. The van der Waals surface area contributed by atoms with Crippen LogP contribution in [0.4, 0.5) is 5.82 Å². The number of aromatic nitrogens is 2. The molecule has 0 radical (unpaired) electrons. The maximum atomic E-state index is 12.1. The standard InChI is InChI=1S/C13H19N3O3/c1-8(2)16-6-5-14-11(12(16)17)15-10-4-3-9(7-10)13(18)19/h5-6,8-10H,3-4,7H2,1-2H3,(H,14,15)(H,18,19)/t9-,10+/m1/s1. The third kappa shape index (κ3) is 2.94. The Bertz CT molecular complexity index is 524. The molecule has 2 N–H and O–H groups in total. The van der Waals surface area contributed by atoms with Crippen molar-refractivity contribution in [1.82, 2.24) is 9.55 Å². The first-order valence-electron chi connectivity index (χ1n) is 6.55. The van der Waals surface area contributed by atoms with Crippen molar-refractivity contribution in [2.75, 3.05) is 5.32 Å². The van der Waals surface area contributed by atoms with E-state index in [1.807, 2.05) is 13.8 Å². The van der Waals surface area contributed by atoms with E-state index in [1.165, 1.54) is 0 Å². The van der Waals surface area contributed by atoms with Gasteiger partial charge in [0.2, 0.25) is 0 Å². The van der Waals surface area contributed by atoms with Crippen LogP contribution in [0.5, 0.6) is 0 Å². The topological polar surface area (TPSA) is 84.2 Å². The molecule has 2 atom stereocenters. The van der Waals surface area contributed by atoms with E-state index in [9.17, 15) is 9.59 Å². The Morgan fingerprint density at radius 2 is 2.26 bits per heavy atom. The van der Waals surface area contributed by atoms with Crippen molar-refractivity contribution >= 4 is 11.8 Å². The van der Waals surface area contributed by atoms with E-state index in [0.29, 0.717) is 18.7 Å². The van der Waals surface area contributed by atoms with E-state index in [2.05, 4.69) is 10.3 Å². The number of carboxylic acid groups (broad SMARTS) is 1. The van der Waals surface area contributed by atoms with E-state index in [4.69, 9.17) is 5.11 Å². The molecule has 104 valence electrons. The molecule has 1 aromatic heterocycles. The number of hydrogen-bond donors (Lipinski definition) is 2. The summed E-state index contributed by atoms with van der Waals surface area (Å²) in [6.45, 7) is 3.86. The average Bonchev–Trinajstić information content (AvgIpc) is 2.80. The highest BCUT2D eigenvalue weighted by atomic mass is 16.4. The van der Waals surface area contributed by atoms with Crippen molar-refractivity contribution < 1.29 is 9.90 Å². The lowest BCUT2D eigenvalue weighted by Crippen LogP contribution is -2.29. The summed E-state index contributed by atoms with van der Waals surface area (Å²) in [6, 6.07) is 0.0932. The molecule has 0 aliphatic heterocycles. The minimum absolute atomic E-state index is 0.0179. The number of anilines is 1. The molecule has 0 spiro atoms. The van der Waals surface area contributed by atoms with Crippen molar-refractivity contribution in [1.29, 1.82) is 0 Å². The lowest BCUT2D eigenvalue weighted by molar-refractivity contribution is -0.141. The van der Waals surface area contributed by atoms with Gasteiger partial charge in [-0.25, -0.2) is 4.98 Å². The van der Waals surface area contributed by atoms with Crippen molar-refractivity contribution in [2.45, 2.75) is 45.2 Å². The summed E-state index contributed by atoms with van der Waals surface area (Å²) in [5, 5.41) is 12.0. The molecule has 1 heterocycles. The van der Waals surface area contributed by atoms with E-state index in [1.54, 1.807) is 17.0 Å². The minimum Gasteiger partial charge on any atom is -0.481 e. The zero-order valence-electron chi connectivity index (χ0n) is 11.2. The molecule has 1 fully saturated rings. The molecule has 1 aliphatic carbocycles. The Labute approximate surface area is 111 Å². The zero-order valence-corrected chi connectivity index (χ0v) is 11.2. The second kappa shape index (κ2) is 5.42. The highest BCUT2D eigenvalue weighted by Gasteiger charge is 2.30. The fraction of sp³-hybridized carbons (Fsp3) is 0.615. The SMILES string of the molecule is CC(C)n1ccnc(N[C@H]2CC[C@@H](C(=O)O)C2)c1=O. The van der Waals surface area contributed by atoms with Gasteiger partial charge in [-0.3, -0.25) is 9.59 Å². The van der Waals surface area contributed by atoms with Gasteiger partial charge in [0.25, 0.3) is 5.56 Å². The van der Waals surface area contributed by atoms with Gasteiger partial charge in [-0.05, 0) is 33.1 Å². The summed E-state index contributed by atoms with van der Waals surface area (Å²) in [5.74, 6) is -0.759. The van der Waals surface area contributed by atoms with Crippen LogP contribution in [0.1, 0.15) is 39.2 Å². The molecule has 1 saturated carbocycles. The summed E-state index contributed by atoms with van der Waals surface area (Å²) in [7, 11) is 0. The van der Waals surface area contributed by atoms with Gasteiger partial charge in [0.1, 0.15) is 0 Å². The van der Waals surface area contributed by atoms with Gasteiger partial charge < -0.3 is 15.0 Å². The van der Waals surface area contributed by atoms with Crippen LogP contribution < -0.4 is 10.9 Å². The lowest BCUT2D eigenvalue weighted by atomic mass is 10.1. The zero-order chi connectivity index (χ0) is 14.0. The number of carboxylic acids is 1. The first kappa shape index (κ1) is 13.6. The molecule has 6 nitrogen and oxygen atoms in total. The van der Waals surface area contributed by atoms with Crippen molar-refractivity contribution in [3.8, 4) is 0 Å². The minimum atomic E-state index is -0.759. The molecule has 6 heteroatoms. The fourth-order valence-corrected chi connectivity index (χ4v) is 2.46. The van der Waals surface area contributed by atoms with Crippen LogP contribution in [0.3, 0.4) is 0 Å². The number of nitrogens with one attached hydrogen (secondary N) is 1. The maximum Gasteiger partial charge on any atom is 0.306 e. The van der Waals surface area contributed by atoms with Crippen LogP contribution in [-0.2, 0) is 4.79 Å². The van der Waals surface area contributed by atoms with Crippen LogP contribution in [-0.4, -0.2) is 26.7 Å². The predicted octanol–water partition coefficient (Wildman–Crippen LogP) is 1.49. The van der Waals surface area contributed by atoms with Crippen LogP contribution in [0.25, 0.3) is 0 Å². The summed E-state index contributed by atoms with van der Waals surface area (Å²) >= 11 is 0. The predicted molar refractivity (Wildman–Crippen MR) is 71.3 cm³/mol. The summed E-state index contributed by atoms with van der Waals surface area (Å²) < 4.78 is 1.61. The van der Waals surface area contributed by atoms with Crippen molar-refractivity contribution in [3.63, 3.8) is 0 Å². The van der Waals surface area contributed by atoms with Gasteiger partial charge in [-0.2, -0.15) is 0 Å². The number of aliphatic carboxylic acids is 1. The molecule has 2 rings (SSSR count). The van der Waals surface area contributed by atoms with Gasteiger partial charge in [0.15, 0.2) is 5.82 Å². The summed E-state index contributed by atoms with van der Waals surface area (Å²) in [6.07, 6.45) is 5.21. The maximum absolute atomic E-state index is 12.1. The molecule has 1 aromatic rings. The first-order valence-corrected chi connectivity index (χ1v) is 6.55. The fourth-order valence-electron chi connectivity index (χ4n) is 2.46. The number of hydrogen-bond acceptors (Lipinski definition) is 4. The van der Waals surface area contributed by atoms with Gasteiger partial charge in [-0.15, -0.1) is 0 Å². The summed E-state index contributed by atoms with van der Waals surface area (Å²) in [4.78, 5) is 27.1. The Kier molecular flexibility index (Phi) is 3.87. The number of carbonyl (C=O) groups is 1. The highest BCUT2D eigenvalue weighted by Crippen LogP contribution is 2.27. The van der Waals surface area contributed by atoms with E-state index in [-0.39, 0.29) is 23.6 Å². The molecule has 0 aromatic carbocycles. The Morgan fingerprint density at radius 3 is 2.84 bits per heavy atom. The average molecular weight is 265 g/mol. The second-order valence-corrected chi connectivity index (χ2v) is 5.27. The van der Waals surface area contributed by atoms with Gasteiger partial charge in [0, 0.05) is 24.5 Å². The van der Waals surface area contributed by atoms with Crippen LogP contribution in [0.2, 0.25) is 0 Å². The Hall–Kier alpha value is -1.85. The van der Waals surface area contributed by atoms with E-state index < -0.39 is 5.97 Å². The molecule has 0 amide bonds. The number of nitrogens with zero attached hydrogens (tertiary/aromatic N) is 2. The van der Waals surface area contributed by atoms with Crippen molar-refractivity contribution in [3.05, 3.63) is 22.7 Å². The molecule has 0 unspecified atom stereocenters. The van der Waals surface area contributed by atoms with E-state index in [0.717, 1.165) is 6.42 Å². The smallest absolute Gasteiger partial charge is 0.306 e. The molecule has 19 heavy (non-hydrogen) atoms. The van der Waals surface area contributed by atoms with Crippen molar-refractivity contribution in [2.24, 2.45) is 5.92 Å². The van der Waals surface area contributed by atoms with Gasteiger partial charge in [-0.1, -0.05) is 0 Å². The third-order valence-corrected chi connectivity index (χ3v) is 3.55. The Balaban J connectivity index is 2.11. The van der Waals surface area contributed by atoms with Crippen LogP contribution in [0, 0.1) is 5.92 Å². The molecular weight excluding hydrogens is 246 g/mol. The monoisotopic (exact) mass is 265 g/mol. The van der Waals surface area contributed by atoms with Crippen LogP contribution >= 0.6 is 0 Å². The second-order valence-electron chi connectivity index (χ2n) is 5.27. The lowest BCUT2D eigenvalue weighted by Gasteiger charge is -2.15.